The summed E-state index contributed by atoms with van der Waals surface area (Å²) < 4.78 is 24.3. The van der Waals surface area contributed by atoms with Crippen molar-refractivity contribution in [2.75, 3.05) is 0 Å². The van der Waals surface area contributed by atoms with Gasteiger partial charge < -0.3 is 10.6 Å². The maximum atomic E-state index is 8.91. The van der Waals surface area contributed by atoms with Gasteiger partial charge >= 0.3 is 5.95 Å². The number of fused-ring (bicyclic) bond motifs is 1. The second-order valence-corrected chi connectivity index (χ2v) is 8.94. The molecule has 0 bridgehead atoms. The van der Waals surface area contributed by atoms with Gasteiger partial charge in [-0.15, -0.1) is 37.1 Å². The van der Waals surface area contributed by atoms with E-state index in [2.05, 4.69) is 57.9 Å². The number of aryl methyl sites for hydroxylation is 2. The molecule has 169 valence electrons. The average Bonchev–Trinajstić information content (AvgIpc) is 3.32. The van der Waals surface area contributed by atoms with Crippen LogP contribution in [-0.2, 0) is 39.8 Å². The zero-order valence-electron chi connectivity index (χ0n) is 23.0. The fourth-order valence-electron chi connectivity index (χ4n) is 4.45. The number of hydrogen-bond donors (Lipinski definition) is 0. The first-order valence-electron chi connectivity index (χ1n) is 12.1. The molecule has 2 aromatic carbocycles. The Morgan fingerprint density at radius 3 is 2.24 bits per heavy atom. The number of rotatable bonds is 5. The second kappa shape index (κ2) is 10.1. The first kappa shape index (κ1) is 22.8. The zero-order valence-corrected chi connectivity index (χ0v) is 23.9. The van der Waals surface area contributed by atoms with E-state index in [-0.39, 0.29) is 32.7 Å². The second-order valence-electron chi connectivity index (χ2n) is 8.94. The molecule has 0 amide bonds. The fourth-order valence-corrected chi connectivity index (χ4v) is 4.45. The Morgan fingerprint density at radius 1 is 1.06 bits per heavy atom. The van der Waals surface area contributed by atoms with E-state index in [1.807, 2.05) is 72.3 Å². The number of imidazole rings is 1. The van der Waals surface area contributed by atoms with Crippen LogP contribution in [0, 0.1) is 19.1 Å². The van der Waals surface area contributed by atoms with Crippen molar-refractivity contribution < 1.29 is 40.0 Å². The van der Waals surface area contributed by atoms with E-state index in [4.69, 9.17) is 2.74 Å². The molecule has 0 unspecified atom stereocenters. The minimum atomic E-state index is -0.840. The van der Waals surface area contributed by atoms with Crippen LogP contribution in [0.2, 0.25) is 0 Å². The van der Waals surface area contributed by atoms with E-state index in [0.29, 0.717) is 0 Å². The molecule has 4 heteroatoms. The minimum absolute atomic E-state index is 0. The number of allylic oxidation sites excluding steroid dienone is 2. The van der Waals surface area contributed by atoms with Crippen LogP contribution in [0.25, 0.3) is 28.1 Å². The van der Waals surface area contributed by atoms with Crippen molar-refractivity contribution in [3.05, 3.63) is 83.3 Å². The summed E-state index contributed by atoms with van der Waals surface area (Å²) in [5, 5.41) is 1.05. The normalized spacial score (nSPS) is 13.6. The van der Waals surface area contributed by atoms with E-state index < -0.39 is 11.8 Å². The maximum absolute atomic E-state index is 8.91. The van der Waals surface area contributed by atoms with Crippen molar-refractivity contribution >= 4 is 16.5 Å². The average molecular weight is 516 g/mol. The third kappa shape index (κ3) is 4.43. The quantitative estimate of drug-likeness (QED) is 0.204. The van der Waals surface area contributed by atoms with Gasteiger partial charge in [0.15, 0.2) is 0 Å². The van der Waals surface area contributed by atoms with Gasteiger partial charge in [0.25, 0.3) is 0 Å². The number of para-hydroxylation sites is 2. The van der Waals surface area contributed by atoms with Gasteiger partial charge in [-0.2, -0.15) is 0 Å². The summed E-state index contributed by atoms with van der Waals surface area (Å²) in [6.45, 7) is 13.7. The molecule has 0 saturated heterocycles. The molecule has 2 heterocycles. The summed E-state index contributed by atoms with van der Waals surface area (Å²) in [5.74, 6) is -0.756. The maximum Gasteiger partial charge on any atom is 0.347 e. The van der Waals surface area contributed by atoms with Gasteiger partial charge in [0.1, 0.15) is 11.9 Å². The Balaban J connectivity index is 0.00000342. The predicted octanol–water partition coefficient (Wildman–Crippen LogP) is 6.83. The summed E-state index contributed by atoms with van der Waals surface area (Å²) in [6, 6.07) is 15.9. The SMILES string of the molecule is [2H]C(C)(C)c1cccc(C([2H])(C)C)c1-n1cc[n+](C)c1-n1c(C(C)=[C-]C)[c-]c2cccc(C)c21.[Y]. The van der Waals surface area contributed by atoms with Crippen LogP contribution in [0.3, 0.4) is 0 Å². The largest absolute Gasteiger partial charge is 0.347 e. The summed E-state index contributed by atoms with van der Waals surface area (Å²) in [6.07, 6.45) is 7.37. The molecular weight excluding hydrogens is 479 g/mol. The molecular formula is C29H34N3Y-. The van der Waals surface area contributed by atoms with Gasteiger partial charge in [-0.25, -0.2) is 15.2 Å². The van der Waals surface area contributed by atoms with E-state index in [1.54, 1.807) is 0 Å². The molecule has 4 aromatic rings. The first-order chi connectivity index (χ1) is 15.9. The molecule has 0 atom stereocenters. The summed E-state index contributed by atoms with van der Waals surface area (Å²) >= 11 is 0. The van der Waals surface area contributed by atoms with Crippen molar-refractivity contribution in [2.45, 2.75) is 60.3 Å². The topological polar surface area (TPSA) is 13.7 Å². The van der Waals surface area contributed by atoms with Gasteiger partial charge in [-0.1, -0.05) is 57.5 Å². The van der Waals surface area contributed by atoms with Gasteiger partial charge in [0.2, 0.25) is 0 Å². The molecule has 0 aliphatic carbocycles. The Labute approximate surface area is 226 Å². The molecule has 0 fully saturated rings. The number of hydrogen-bond acceptors (Lipinski definition) is 0. The molecule has 3 nitrogen and oxygen atoms in total. The molecule has 4 rings (SSSR count). The summed E-state index contributed by atoms with van der Waals surface area (Å²) in [5.41, 5.74) is 6.88. The molecule has 2 aromatic heterocycles. The monoisotopic (exact) mass is 515 g/mol. The third-order valence-electron chi connectivity index (χ3n) is 6.19. The number of benzene rings is 2. The van der Waals surface area contributed by atoms with E-state index in [1.165, 1.54) is 0 Å². The predicted molar refractivity (Wildman–Crippen MR) is 134 cm³/mol. The third-order valence-corrected chi connectivity index (χ3v) is 6.19. The van der Waals surface area contributed by atoms with Crippen molar-refractivity contribution in [1.82, 2.24) is 9.13 Å². The first-order valence-corrected chi connectivity index (χ1v) is 11.1. The summed E-state index contributed by atoms with van der Waals surface area (Å²) in [7, 11) is 2.04. The fraction of sp³-hybridized carbons (Fsp3) is 0.345. The smallest absolute Gasteiger partial charge is 0.335 e. The zero-order chi connectivity index (χ0) is 25.0. The van der Waals surface area contributed by atoms with Gasteiger partial charge in [0.05, 0.1) is 13.2 Å². The van der Waals surface area contributed by atoms with Crippen molar-refractivity contribution in [2.24, 2.45) is 7.05 Å². The van der Waals surface area contributed by atoms with Crippen molar-refractivity contribution in [1.29, 1.82) is 0 Å². The van der Waals surface area contributed by atoms with Crippen LogP contribution in [0.5, 0.6) is 0 Å². The van der Waals surface area contributed by atoms with Crippen LogP contribution in [0.4, 0.5) is 0 Å². The van der Waals surface area contributed by atoms with Crippen LogP contribution in [0.15, 0.2) is 48.8 Å². The Kier molecular flexibility index (Phi) is 6.99. The van der Waals surface area contributed by atoms with Gasteiger partial charge in [0, 0.05) is 41.0 Å². The van der Waals surface area contributed by atoms with Gasteiger partial charge in [-0.3, -0.25) is 5.57 Å². The molecule has 1 radical (unpaired) electrons. The van der Waals surface area contributed by atoms with Crippen LogP contribution < -0.4 is 4.57 Å². The number of aromatic nitrogens is 3. The van der Waals surface area contributed by atoms with E-state index in [9.17, 15) is 0 Å². The minimum Gasteiger partial charge on any atom is -0.335 e. The van der Waals surface area contributed by atoms with E-state index >= 15 is 0 Å². The Hall–Kier alpha value is -1.97. The van der Waals surface area contributed by atoms with Gasteiger partial charge in [-0.05, 0) is 29.8 Å². The van der Waals surface area contributed by atoms with Crippen LogP contribution in [0.1, 0.15) is 78.5 Å². The molecule has 0 aliphatic rings. The Bertz CT molecular complexity index is 1380. The molecule has 0 spiro atoms. The number of nitrogens with zero attached hydrogens (tertiary/aromatic N) is 3. The summed E-state index contributed by atoms with van der Waals surface area (Å²) in [4.78, 5) is 0. The van der Waals surface area contributed by atoms with Crippen molar-refractivity contribution in [3.63, 3.8) is 0 Å². The standard InChI is InChI=1S/C29H34N3.Y/c1-9-21(6)26-18-23-13-10-12-22(7)27(23)32(26)29-30(8)16-17-31(29)28-24(19(2)3)14-11-15-25(28)20(4)5;/h10-17,19-20H,1-8H3;/q-1;/i19D,20D;. The van der Waals surface area contributed by atoms with Crippen LogP contribution >= 0.6 is 0 Å². The van der Waals surface area contributed by atoms with Crippen LogP contribution in [-0.4, -0.2) is 9.13 Å². The van der Waals surface area contributed by atoms with Crippen molar-refractivity contribution in [3.8, 4) is 11.6 Å². The molecule has 0 N–H and O–H groups in total. The molecule has 0 saturated carbocycles. The van der Waals surface area contributed by atoms with E-state index in [0.717, 1.165) is 50.5 Å². The molecule has 33 heavy (non-hydrogen) atoms. The molecule has 0 aliphatic heterocycles. The Morgan fingerprint density at radius 2 is 1.67 bits per heavy atom.